The zero-order valence-electron chi connectivity index (χ0n) is 12.6. The van der Waals surface area contributed by atoms with Crippen LogP contribution in [0.4, 0.5) is 0 Å². The molecule has 0 spiro atoms. The third-order valence-electron chi connectivity index (χ3n) is 3.62. The van der Waals surface area contributed by atoms with Crippen molar-refractivity contribution < 1.29 is 30.0 Å². The van der Waals surface area contributed by atoms with Gasteiger partial charge in [-0.25, -0.2) is 9.79 Å². The summed E-state index contributed by atoms with van der Waals surface area (Å²) in [5.74, 6) is -2.87. The van der Waals surface area contributed by atoms with E-state index in [1.165, 1.54) is 13.0 Å². The number of nitrogens with two attached hydrogens (primary N) is 2. The third-order valence-corrected chi connectivity index (χ3v) is 3.62. The van der Waals surface area contributed by atoms with Gasteiger partial charge in [0.15, 0.2) is 5.96 Å². The molecule has 0 radical (unpaired) electrons. The first kappa shape index (κ1) is 18.9. The first-order valence-corrected chi connectivity index (χ1v) is 6.94. The van der Waals surface area contributed by atoms with Gasteiger partial charge in [-0.1, -0.05) is 0 Å². The standard InChI is InChI=1S/C13H22N4O6/c1-5(19)16-10-7(11(21)9(20)4-18)2-6(12(22)23)3-8(10)17-13(14)15/h3,7-11,18,20-21H,2,4H2,1H3,(H,16,19)(H,22,23)(H4,14,15,17)/t7-,8+,9-,10+,11+/m1/s1. The molecule has 0 saturated heterocycles. The minimum absolute atomic E-state index is 0.0595. The Bertz CT molecular complexity index is 517. The summed E-state index contributed by atoms with van der Waals surface area (Å²) in [6, 6.07) is -1.76. The van der Waals surface area contributed by atoms with E-state index in [4.69, 9.17) is 16.6 Å². The summed E-state index contributed by atoms with van der Waals surface area (Å²) in [5, 5.41) is 40.6. The molecule has 0 bridgehead atoms. The van der Waals surface area contributed by atoms with Crippen LogP contribution in [0.25, 0.3) is 0 Å². The van der Waals surface area contributed by atoms with Gasteiger partial charge in [-0.3, -0.25) is 4.79 Å². The van der Waals surface area contributed by atoms with Crippen LogP contribution >= 0.6 is 0 Å². The van der Waals surface area contributed by atoms with E-state index in [1.807, 2.05) is 0 Å². The molecule has 0 aromatic rings. The Morgan fingerprint density at radius 1 is 1.43 bits per heavy atom. The zero-order chi connectivity index (χ0) is 17.7. The van der Waals surface area contributed by atoms with Crippen molar-refractivity contribution >= 4 is 17.8 Å². The van der Waals surface area contributed by atoms with E-state index in [0.29, 0.717) is 0 Å². The van der Waals surface area contributed by atoms with Gasteiger partial charge in [0.1, 0.15) is 6.10 Å². The number of aliphatic hydroxyl groups excluding tert-OH is 3. The summed E-state index contributed by atoms with van der Waals surface area (Å²) in [7, 11) is 0. The van der Waals surface area contributed by atoms with Crippen molar-refractivity contribution in [1.82, 2.24) is 5.32 Å². The fraction of sp³-hybridized carbons (Fsp3) is 0.615. The lowest BCUT2D eigenvalue weighted by atomic mass is 9.77. The van der Waals surface area contributed by atoms with Gasteiger partial charge in [-0.15, -0.1) is 0 Å². The van der Waals surface area contributed by atoms with E-state index in [0.717, 1.165) is 0 Å². The number of nitrogens with zero attached hydrogens (tertiary/aromatic N) is 1. The molecule has 10 heteroatoms. The predicted molar refractivity (Wildman–Crippen MR) is 80.1 cm³/mol. The maximum atomic E-state index is 11.4. The number of aliphatic imine (C=N–C) groups is 1. The van der Waals surface area contributed by atoms with Crippen molar-refractivity contribution in [2.75, 3.05) is 6.61 Å². The van der Waals surface area contributed by atoms with Crippen LogP contribution in [0.15, 0.2) is 16.6 Å². The molecule has 10 nitrogen and oxygen atoms in total. The fourth-order valence-corrected chi connectivity index (χ4v) is 2.61. The summed E-state index contributed by atoms with van der Waals surface area (Å²) in [6.07, 6.45) is -1.81. The van der Waals surface area contributed by atoms with Crippen molar-refractivity contribution in [2.45, 2.75) is 37.6 Å². The minimum Gasteiger partial charge on any atom is -0.478 e. The second-order valence-electron chi connectivity index (χ2n) is 5.38. The largest absolute Gasteiger partial charge is 0.478 e. The van der Waals surface area contributed by atoms with Gasteiger partial charge >= 0.3 is 5.97 Å². The predicted octanol–water partition coefficient (Wildman–Crippen LogP) is -3.12. The van der Waals surface area contributed by atoms with Gasteiger partial charge in [0.05, 0.1) is 24.8 Å². The van der Waals surface area contributed by atoms with Crippen LogP contribution in [0, 0.1) is 5.92 Å². The van der Waals surface area contributed by atoms with Gasteiger partial charge in [0, 0.05) is 18.4 Å². The lowest BCUT2D eigenvalue weighted by Gasteiger charge is -2.38. The zero-order valence-corrected chi connectivity index (χ0v) is 12.6. The van der Waals surface area contributed by atoms with Gasteiger partial charge in [-0.2, -0.15) is 0 Å². The number of carbonyl (C=O) groups excluding carboxylic acids is 1. The Labute approximate surface area is 132 Å². The van der Waals surface area contributed by atoms with Gasteiger partial charge in [0.25, 0.3) is 0 Å². The topological polar surface area (TPSA) is 191 Å². The first-order valence-electron chi connectivity index (χ1n) is 6.94. The van der Waals surface area contributed by atoms with Crippen molar-refractivity contribution in [2.24, 2.45) is 22.4 Å². The van der Waals surface area contributed by atoms with Crippen LogP contribution < -0.4 is 16.8 Å². The molecular formula is C13H22N4O6. The molecule has 1 aliphatic rings. The number of amides is 1. The highest BCUT2D eigenvalue weighted by Gasteiger charge is 2.41. The van der Waals surface area contributed by atoms with Crippen LogP contribution in [0.2, 0.25) is 0 Å². The average Bonchev–Trinajstić information content (AvgIpc) is 2.45. The number of carbonyl (C=O) groups is 2. The number of carboxylic acid groups (broad SMARTS) is 1. The quantitative estimate of drug-likeness (QED) is 0.196. The highest BCUT2D eigenvalue weighted by Crippen LogP contribution is 2.31. The van der Waals surface area contributed by atoms with E-state index < -0.39 is 48.7 Å². The number of aliphatic carboxylic acids is 1. The van der Waals surface area contributed by atoms with Crippen molar-refractivity contribution in [1.29, 1.82) is 0 Å². The van der Waals surface area contributed by atoms with Crippen LogP contribution in [0.1, 0.15) is 13.3 Å². The number of rotatable bonds is 6. The van der Waals surface area contributed by atoms with E-state index in [-0.39, 0.29) is 18.0 Å². The first-order chi connectivity index (χ1) is 10.7. The van der Waals surface area contributed by atoms with Gasteiger partial charge < -0.3 is 37.2 Å². The second-order valence-corrected chi connectivity index (χ2v) is 5.38. The molecule has 1 aliphatic carbocycles. The molecule has 5 atom stereocenters. The Morgan fingerprint density at radius 3 is 2.48 bits per heavy atom. The summed E-state index contributed by atoms with van der Waals surface area (Å²) in [6.45, 7) is 0.526. The molecule has 23 heavy (non-hydrogen) atoms. The second kappa shape index (κ2) is 7.90. The smallest absolute Gasteiger partial charge is 0.331 e. The summed E-state index contributed by atoms with van der Waals surface area (Å²) in [5.41, 5.74) is 10.6. The molecule has 1 amide bonds. The number of guanidine groups is 1. The monoisotopic (exact) mass is 330 g/mol. The Hall–Kier alpha value is -2.17. The Balaban J connectivity index is 3.28. The molecule has 0 unspecified atom stereocenters. The van der Waals surface area contributed by atoms with Crippen molar-refractivity contribution in [3.63, 3.8) is 0 Å². The van der Waals surface area contributed by atoms with Crippen molar-refractivity contribution in [3.8, 4) is 0 Å². The number of hydrogen-bond acceptors (Lipinski definition) is 6. The van der Waals surface area contributed by atoms with Crippen LogP contribution in [-0.4, -0.2) is 69.2 Å². The van der Waals surface area contributed by atoms with Crippen LogP contribution in [0.3, 0.4) is 0 Å². The molecule has 0 aromatic carbocycles. The van der Waals surface area contributed by atoms with E-state index in [1.54, 1.807) is 0 Å². The minimum atomic E-state index is -1.50. The Morgan fingerprint density at radius 2 is 2.04 bits per heavy atom. The highest BCUT2D eigenvalue weighted by molar-refractivity contribution is 5.87. The number of carboxylic acids is 1. The molecule has 0 saturated carbocycles. The molecule has 9 N–H and O–H groups in total. The van der Waals surface area contributed by atoms with Gasteiger partial charge in [0.2, 0.25) is 5.91 Å². The molecule has 0 aliphatic heterocycles. The maximum Gasteiger partial charge on any atom is 0.331 e. The molecule has 0 fully saturated rings. The third kappa shape index (κ3) is 4.91. The van der Waals surface area contributed by atoms with E-state index >= 15 is 0 Å². The molecule has 0 aromatic heterocycles. The SMILES string of the molecule is CC(=O)N[C@H]1[C@H]([C@H](O)[C@H](O)CO)CC(C(=O)O)=C[C@@H]1N=C(N)N. The number of aliphatic hydroxyl groups is 3. The maximum absolute atomic E-state index is 11.4. The van der Waals surface area contributed by atoms with Crippen LogP contribution in [0.5, 0.6) is 0 Å². The van der Waals surface area contributed by atoms with Crippen molar-refractivity contribution in [3.05, 3.63) is 11.6 Å². The average molecular weight is 330 g/mol. The molecule has 130 valence electrons. The summed E-state index contributed by atoms with van der Waals surface area (Å²) >= 11 is 0. The normalized spacial score (nSPS) is 26.6. The number of hydrogen-bond donors (Lipinski definition) is 7. The highest BCUT2D eigenvalue weighted by atomic mass is 16.4. The van der Waals surface area contributed by atoms with E-state index in [9.17, 15) is 24.9 Å². The summed E-state index contributed by atoms with van der Waals surface area (Å²) < 4.78 is 0. The lowest BCUT2D eigenvalue weighted by molar-refractivity contribution is -0.133. The van der Waals surface area contributed by atoms with Crippen LogP contribution in [-0.2, 0) is 9.59 Å². The Kier molecular flexibility index (Phi) is 6.49. The molecule has 1 rings (SSSR count). The number of nitrogens with one attached hydrogen (secondary N) is 1. The molecule has 0 heterocycles. The fourth-order valence-electron chi connectivity index (χ4n) is 2.61. The summed E-state index contributed by atoms with van der Waals surface area (Å²) in [4.78, 5) is 26.6. The molecular weight excluding hydrogens is 308 g/mol. The van der Waals surface area contributed by atoms with E-state index in [2.05, 4.69) is 10.3 Å². The van der Waals surface area contributed by atoms with Gasteiger partial charge in [-0.05, 0) is 12.5 Å². The lowest BCUT2D eigenvalue weighted by Crippen LogP contribution is -2.55.